The smallest absolute Gasteiger partial charge is 0.338 e. The number of ether oxygens (including phenoxy) is 2. The Kier molecular flexibility index (Phi) is 5.26. The number of carbonyl (C=O) groups is 2. The highest BCUT2D eigenvalue weighted by Gasteiger charge is 2.17. The third-order valence-corrected chi connectivity index (χ3v) is 3.37. The van der Waals surface area contributed by atoms with Gasteiger partial charge in [0.2, 0.25) is 5.78 Å². The Labute approximate surface area is 138 Å². The molecular weight excluding hydrogens is 314 g/mol. The van der Waals surface area contributed by atoms with Gasteiger partial charge in [-0.05, 0) is 25.1 Å². The number of hydrogen-bond acceptors (Lipinski definition) is 6. The van der Waals surface area contributed by atoms with Crippen molar-refractivity contribution in [3.05, 3.63) is 69.3 Å². The highest BCUT2D eigenvalue weighted by molar-refractivity contribution is 6.00. The molecular formula is C17H15NO6. The van der Waals surface area contributed by atoms with E-state index >= 15 is 0 Å². The van der Waals surface area contributed by atoms with E-state index in [0.717, 1.165) is 0 Å². The minimum atomic E-state index is -0.677. The van der Waals surface area contributed by atoms with E-state index < -0.39 is 23.3 Å². The molecule has 124 valence electrons. The van der Waals surface area contributed by atoms with Crippen LogP contribution in [0.3, 0.4) is 0 Å². The van der Waals surface area contributed by atoms with E-state index in [1.54, 1.807) is 19.1 Å². The zero-order valence-electron chi connectivity index (χ0n) is 13.1. The molecule has 2 aromatic carbocycles. The van der Waals surface area contributed by atoms with Gasteiger partial charge >= 0.3 is 5.97 Å². The van der Waals surface area contributed by atoms with Crippen LogP contribution in [0.2, 0.25) is 0 Å². The second kappa shape index (κ2) is 7.36. The van der Waals surface area contributed by atoms with Crippen LogP contribution in [0.4, 0.5) is 5.69 Å². The minimum absolute atomic E-state index is 0.116. The summed E-state index contributed by atoms with van der Waals surface area (Å²) in [6.07, 6.45) is 0. The standard InChI is InChI=1S/C17H15NO6/c1-11-6-7-12(9-15(11)18(21)22)16(19)10-24-17(20)13-4-3-5-14(8-13)23-2/h3-9H,10H2,1-2H3. The number of rotatable bonds is 6. The predicted octanol–water partition coefficient (Wildman–Crippen LogP) is 2.95. The van der Waals surface area contributed by atoms with Crippen molar-refractivity contribution in [2.24, 2.45) is 0 Å². The molecule has 0 radical (unpaired) electrons. The van der Waals surface area contributed by atoms with Crippen LogP contribution in [-0.2, 0) is 4.74 Å². The van der Waals surface area contributed by atoms with E-state index in [0.29, 0.717) is 11.3 Å². The van der Waals surface area contributed by atoms with E-state index in [-0.39, 0.29) is 16.8 Å². The molecule has 7 heteroatoms. The van der Waals surface area contributed by atoms with Crippen molar-refractivity contribution >= 4 is 17.4 Å². The molecule has 24 heavy (non-hydrogen) atoms. The average molecular weight is 329 g/mol. The molecule has 0 N–H and O–H groups in total. The van der Waals surface area contributed by atoms with Crippen molar-refractivity contribution in [1.82, 2.24) is 0 Å². The summed E-state index contributed by atoms with van der Waals surface area (Å²) >= 11 is 0. The summed E-state index contributed by atoms with van der Waals surface area (Å²) in [7, 11) is 1.47. The van der Waals surface area contributed by atoms with Gasteiger partial charge < -0.3 is 9.47 Å². The monoisotopic (exact) mass is 329 g/mol. The second-order valence-corrected chi connectivity index (χ2v) is 4.99. The van der Waals surface area contributed by atoms with Gasteiger partial charge in [0.1, 0.15) is 5.75 Å². The molecule has 0 heterocycles. The maximum absolute atomic E-state index is 12.1. The Balaban J connectivity index is 2.06. The number of esters is 1. The van der Waals surface area contributed by atoms with E-state index in [1.165, 1.54) is 37.4 Å². The van der Waals surface area contributed by atoms with Crippen LogP contribution in [-0.4, -0.2) is 30.4 Å². The third kappa shape index (κ3) is 3.95. The average Bonchev–Trinajstić information content (AvgIpc) is 2.59. The molecule has 0 atom stereocenters. The first kappa shape index (κ1) is 17.1. The lowest BCUT2D eigenvalue weighted by Gasteiger charge is -2.06. The van der Waals surface area contributed by atoms with Crippen molar-refractivity contribution in [2.45, 2.75) is 6.92 Å². The van der Waals surface area contributed by atoms with Gasteiger partial charge in [-0.1, -0.05) is 18.2 Å². The largest absolute Gasteiger partial charge is 0.497 e. The molecule has 0 bridgehead atoms. The minimum Gasteiger partial charge on any atom is -0.497 e. The lowest BCUT2D eigenvalue weighted by atomic mass is 10.1. The number of hydrogen-bond donors (Lipinski definition) is 0. The molecule has 0 spiro atoms. The van der Waals surface area contributed by atoms with E-state index in [9.17, 15) is 19.7 Å². The Morgan fingerprint density at radius 1 is 1.12 bits per heavy atom. The fraction of sp³-hybridized carbons (Fsp3) is 0.176. The van der Waals surface area contributed by atoms with Gasteiger partial charge in [0.15, 0.2) is 6.61 Å². The van der Waals surface area contributed by atoms with E-state index in [2.05, 4.69) is 0 Å². The van der Waals surface area contributed by atoms with Gasteiger partial charge in [-0.3, -0.25) is 14.9 Å². The second-order valence-electron chi connectivity index (χ2n) is 4.99. The molecule has 0 saturated carbocycles. The topological polar surface area (TPSA) is 95.7 Å². The number of Topliss-reactive ketones (excluding diaryl/α,β-unsaturated/α-hetero) is 1. The summed E-state index contributed by atoms with van der Waals surface area (Å²) in [6, 6.07) is 10.4. The lowest BCUT2D eigenvalue weighted by Crippen LogP contribution is -2.14. The zero-order valence-corrected chi connectivity index (χ0v) is 13.1. The Morgan fingerprint density at radius 2 is 1.88 bits per heavy atom. The number of benzene rings is 2. The summed E-state index contributed by atoms with van der Waals surface area (Å²) < 4.78 is 9.97. The SMILES string of the molecule is COc1cccc(C(=O)OCC(=O)c2ccc(C)c([N+](=O)[O-])c2)c1. The molecule has 0 aliphatic heterocycles. The summed E-state index contributed by atoms with van der Waals surface area (Å²) in [5, 5.41) is 10.9. The third-order valence-electron chi connectivity index (χ3n) is 3.37. The highest BCUT2D eigenvalue weighted by Crippen LogP contribution is 2.20. The van der Waals surface area contributed by atoms with Gasteiger partial charge in [0.25, 0.3) is 5.69 Å². The van der Waals surface area contributed by atoms with Crippen molar-refractivity contribution < 1.29 is 24.0 Å². The number of carbonyl (C=O) groups excluding carboxylic acids is 2. The molecule has 7 nitrogen and oxygen atoms in total. The number of methoxy groups -OCH3 is 1. The molecule has 0 fully saturated rings. The van der Waals surface area contributed by atoms with Crippen molar-refractivity contribution in [1.29, 1.82) is 0 Å². The van der Waals surface area contributed by atoms with Crippen LogP contribution in [0, 0.1) is 17.0 Å². The van der Waals surface area contributed by atoms with Gasteiger partial charge in [-0.15, -0.1) is 0 Å². The number of nitro benzene ring substituents is 1. The summed E-state index contributed by atoms with van der Waals surface area (Å²) in [5.74, 6) is -0.705. The maximum atomic E-state index is 12.1. The Morgan fingerprint density at radius 3 is 2.54 bits per heavy atom. The summed E-state index contributed by atoms with van der Waals surface area (Å²) in [6.45, 7) is 1.07. The van der Waals surface area contributed by atoms with Crippen molar-refractivity contribution in [3.63, 3.8) is 0 Å². The fourth-order valence-electron chi connectivity index (χ4n) is 2.03. The fourth-order valence-corrected chi connectivity index (χ4v) is 2.03. The van der Waals surface area contributed by atoms with E-state index in [1.807, 2.05) is 0 Å². The molecule has 0 aliphatic rings. The first-order chi connectivity index (χ1) is 11.4. The summed E-state index contributed by atoms with van der Waals surface area (Å²) in [4.78, 5) is 34.3. The molecule has 2 aromatic rings. The normalized spacial score (nSPS) is 10.1. The first-order valence-electron chi connectivity index (χ1n) is 7.02. The molecule has 0 aliphatic carbocycles. The molecule has 0 saturated heterocycles. The highest BCUT2D eigenvalue weighted by atomic mass is 16.6. The number of nitro groups is 1. The van der Waals surface area contributed by atoms with Gasteiger partial charge in [0, 0.05) is 17.2 Å². The van der Waals surface area contributed by atoms with Crippen LogP contribution in [0.1, 0.15) is 26.3 Å². The summed E-state index contributed by atoms with van der Waals surface area (Å²) in [5.41, 5.74) is 0.660. The zero-order chi connectivity index (χ0) is 17.7. The number of aryl methyl sites for hydroxylation is 1. The van der Waals surface area contributed by atoms with Crippen LogP contribution in [0.15, 0.2) is 42.5 Å². The Hall–Kier alpha value is -3.22. The van der Waals surface area contributed by atoms with Crippen LogP contribution >= 0.6 is 0 Å². The van der Waals surface area contributed by atoms with Crippen LogP contribution in [0.25, 0.3) is 0 Å². The maximum Gasteiger partial charge on any atom is 0.338 e. The van der Waals surface area contributed by atoms with Crippen molar-refractivity contribution in [2.75, 3.05) is 13.7 Å². The first-order valence-corrected chi connectivity index (χ1v) is 7.02. The van der Waals surface area contributed by atoms with Crippen LogP contribution < -0.4 is 4.74 Å². The number of nitrogens with zero attached hydrogens (tertiary/aromatic N) is 1. The van der Waals surface area contributed by atoms with Gasteiger partial charge in [-0.25, -0.2) is 4.79 Å². The Bertz CT molecular complexity index is 799. The van der Waals surface area contributed by atoms with Crippen molar-refractivity contribution in [3.8, 4) is 5.75 Å². The van der Waals surface area contributed by atoms with Gasteiger partial charge in [-0.2, -0.15) is 0 Å². The van der Waals surface area contributed by atoms with E-state index in [4.69, 9.17) is 9.47 Å². The molecule has 2 rings (SSSR count). The lowest BCUT2D eigenvalue weighted by molar-refractivity contribution is -0.385. The molecule has 0 amide bonds. The van der Waals surface area contributed by atoms with Gasteiger partial charge in [0.05, 0.1) is 17.6 Å². The number of ketones is 1. The van der Waals surface area contributed by atoms with Crippen LogP contribution in [0.5, 0.6) is 5.75 Å². The molecule has 0 unspecified atom stereocenters. The quantitative estimate of drug-likeness (QED) is 0.350. The molecule has 0 aromatic heterocycles. The predicted molar refractivity (Wildman–Crippen MR) is 85.4 cm³/mol.